The van der Waals surface area contributed by atoms with Crippen LogP contribution in [0.3, 0.4) is 0 Å². The molecule has 0 rings (SSSR count). The van der Waals surface area contributed by atoms with Crippen LogP contribution in [0.15, 0.2) is 85.1 Å². The molecule has 1 unspecified atom stereocenters. The molecule has 0 bridgehead atoms. The van der Waals surface area contributed by atoms with E-state index in [2.05, 4.69) is 106 Å². The summed E-state index contributed by atoms with van der Waals surface area (Å²) in [6.45, 7) is 6.54. The van der Waals surface area contributed by atoms with E-state index in [1.165, 1.54) is 212 Å². The zero-order valence-corrected chi connectivity index (χ0v) is 53.8. The largest absolute Gasteiger partial charge is 0.462 e. The van der Waals surface area contributed by atoms with Crippen molar-refractivity contribution in [2.24, 2.45) is 0 Å². The van der Waals surface area contributed by atoms with Crippen LogP contribution in [0.5, 0.6) is 0 Å². The van der Waals surface area contributed by atoms with Crippen molar-refractivity contribution in [2.75, 3.05) is 13.2 Å². The van der Waals surface area contributed by atoms with Gasteiger partial charge in [-0.3, -0.25) is 14.4 Å². The molecule has 0 amide bonds. The highest BCUT2D eigenvalue weighted by molar-refractivity contribution is 5.71. The first-order valence-corrected chi connectivity index (χ1v) is 35.1. The molecule has 0 spiro atoms. The molecule has 81 heavy (non-hydrogen) atoms. The van der Waals surface area contributed by atoms with Crippen LogP contribution in [-0.2, 0) is 28.6 Å². The zero-order valence-electron chi connectivity index (χ0n) is 53.8. The molecule has 0 aromatic rings. The number of esters is 3. The summed E-state index contributed by atoms with van der Waals surface area (Å²) in [5.74, 6) is -0.880. The second-order valence-corrected chi connectivity index (χ2v) is 23.4. The van der Waals surface area contributed by atoms with Crippen LogP contribution in [0, 0.1) is 0 Å². The number of ether oxygens (including phenoxy) is 3. The van der Waals surface area contributed by atoms with E-state index in [0.717, 1.165) is 103 Å². The van der Waals surface area contributed by atoms with Gasteiger partial charge in [-0.1, -0.05) is 305 Å². The predicted octanol–water partition coefficient (Wildman–Crippen LogP) is 24.2. The Morgan fingerprint density at radius 1 is 0.259 bits per heavy atom. The van der Waals surface area contributed by atoms with Crippen LogP contribution in [0.4, 0.5) is 0 Å². The van der Waals surface area contributed by atoms with E-state index in [4.69, 9.17) is 14.2 Å². The van der Waals surface area contributed by atoms with E-state index >= 15 is 0 Å². The van der Waals surface area contributed by atoms with E-state index in [9.17, 15) is 14.4 Å². The summed E-state index contributed by atoms with van der Waals surface area (Å²) in [4.78, 5) is 38.4. The SMILES string of the molecule is CC/C=C\C/C=C\C/C=C\C/C=C\CCCCCCCCCCCCCCCCCCC(=O)OCC(COC(=O)CCCCCCC/C=C\C/C=C\CCCCCC)OC(=O)CCCCCCCCC/C=C\CCCCCCCCC. The Bertz CT molecular complexity index is 1530. The van der Waals surface area contributed by atoms with Gasteiger partial charge in [0.15, 0.2) is 6.10 Å². The fourth-order valence-electron chi connectivity index (χ4n) is 10.1. The van der Waals surface area contributed by atoms with Gasteiger partial charge in [0.05, 0.1) is 0 Å². The molecule has 0 N–H and O–H groups in total. The molecule has 0 fully saturated rings. The van der Waals surface area contributed by atoms with Crippen LogP contribution >= 0.6 is 0 Å². The van der Waals surface area contributed by atoms with Crippen molar-refractivity contribution in [3.05, 3.63) is 85.1 Å². The molecule has 0 saturated heterocycles. The van der Waals surface area contributed by atoms with Crippen molar-refractivity contribution >= 4 is 17.9 Å². The number of carbonyl (C=O) groups is 3. The lowest BCUT2D eigenvalue weighted by Crippen LogP contribution is -2.30. The van der Waals surface area contributed by atoms with Crippen molar-refractivity contribution in [2.45, 2.75) is 361 Å². The van der Waals surface area contributed by atoms with Crippen LogP contribution in [0.25, 0.3) is 0 Å². The number of hydrogen-bond donors (Lipinski definition) is 0. The lowest BCUT2D eigenvalue weighted by Gasteiger charge is -2.18. The van der Waals surface area contributed by atoms with Gasteiger partial charge < -0.3 is 14.2 Å². The monoisotopic (exact) mass is 1130 g/mol. The van der Waals surface area contributed by atoms with Crippen molar-refractivity contribution in [3.8, 4) is 0 Å². The van der Waals surface area contributed by atoms with E-state index < -0.39 is 6.10 Å². The van der Waals surface area contributed by atoms with Gasteiger partial charge in [-0.15, -0.1) is 0 Å². The maximum absolute atomic E-state index is 12.9. The van der Waals surface area contributed by atoms with Gasteiger partial charge in [0.25, 0.3) is 0 Å². The Balaban J connectivity index is 4.28. The Morgan fingerprint density at radius 2 is 0.481 bits per heavy atom. The molecule has 0 saturated carbocycles. The second kappa shape index (κ2) is 69.1. The summed E-state index contributed by atoms with van der Waals surface area (Å²) >= 11 is 0. The first-order valence-electron chi connectivity index (χ1n) is 35.1. The van der Waals surface area contributed by atoms with Gasteiger partial charge in [-0.25, -0.2) is 0 Å². The van der Waals surface area contributed by atoms with Gasteiger partial charge in [-0.05, 0) is 116 Å². The molecule has 468 valence electrons. The number of allylic oxidation sites excluding steroid dienone is 14. The summed E-state index contributed by atoms with van der Waals surface area (Å²) < 4.78 is 17.0. The van der Waals surface area contributed by atoms with Crippen LogP contribution < -0.4 is 0 Å². The highest BCUT2D eigenvalue weighted by Crippen LogP contribution is 2.17. The molecule has 6 heteroatoms. The van der Waals surface area contributed by atoms with E-state index in [1.807, 2.05) is 0 Å². The van der Waals surface area contributed by atoms with Crippen molar-refractivity contribution in [3.63, 3.8) is 0 Å². The molecule has 0 aliphatic heterocycles. The summed E-state index contributed by atoms with van der Waals surface area (Å²) in [6, 6.07) is 0. The molecule has 0 radical (unpaired) electrons. The minimum atomic E-state index is -0.785. The normalized spacial score (nSPS) is 12.6. The van der Waals surface area contributed by atoms with Crippen LogP contribution in [-0.4, -0.2) is 37.2 Å². The number of hydrogen-bond acceptors (Lipinski definition) is 6. The van der Waals surface area contributed by atoms with Crippen molar-refractivity contribution in [1.82, 2.24) is 0 Å². The molecule has 0 aromatic carbocycles. The summed E-state index contributed by atoms with van der Waals surface area (Å²) in [6.07, 6.45) is 91.8. The highest BCUT2D eigenvalue weighted by Gasteiger charge is 2.19. The highest BCUT2D eigenvalue weighted by atomic mass is 16.6. The number of unbranched alkanes of at least 4 members (excludes halogenated alkanes) is 39. The Morgan fingerprint density at radius 3 is 0.778 bits per heavy atom. The average molecular weight is 1130 g/mol. The minimum absolute atomic E-state index is 0.0797. The van der Waals surface area contributed by atoms with Gasteiger partial charge in [-0.2, -0.15) is 0 Å². The minimum Gasteiger partial charge on any atom is -0.462 e. The fraction of sp³-hybridized carbons (Fsp3) is 0.773. The van der Waals surface area contributed by atoms with Gasteiger partial charge in [0.2, 0.25) is 0 Å². The fourth-order valence-corrected chi connectivity index (χ4v) is 10.1. The lowest BCUT2D eigenvalue weighted by molar-refractivity contribution is -0.167. The first-order chi connectivity index (χ1) is 40.0. The Kier molecular flexibility index (Phi) is 66.2. The molecule has 0 aliphatic rings. The van der Waals surface area contributed by atoms with Gasteiger partial charge in [0, 0.05) is 19.3 Å². The standard InChI is InChI=1S/C75H132O6/c1-4-7-10-13-16-19-22-25-28-31-33-34-35-36-37-38-39-40-41-42-43-45-47-50-53-56-59-62-65-68-74(77)80-71-72(70-79-73(76)67-64-61-58-55-52-49-46-30-27-24-21-18-15-12-9-6-3)81-75(78)69-66-63-60-57-54-51-48-44-32-29-26-23-20-17-14-11-8-5-2/h7,10,16,19,21,24-25,28-30,32-34,46,72H,4-6,8-9,11-15,17-18,20,22-23,26-27,31,35-45,47-71H2,1-3H3/b10-7-,19-16-,24-21-,28-25-,32-29-,34-33-,46-30-. The third kappa shape index (κ3) is 67.3. The predicted molar refractivity (Wildman–Crippen MR) is 353 cm³/mol. The van der Waals surface area contributed by atoms with Gasteiger partial charge >= 0.3 is 17.9 Å². The van der Waals surface area contributed by atoms with E-state index in [1.54, 1.807) is 0 Å². The van der Waals surface area contributed by atoms with Crippen molar-refractivity contribution in [1.29, 1.82) is 0 Å². The Hall–Kier alpha value is -3.41. The topological polar surface area (TPSA) is 78.9 Å². The maximum atomic E-state index is 12.9. The number of carbonyl (C=O) groups excluding carboxylic acids is 3. The molecule has 0 aliphatic carbocycles. The van der Waals surface area contributed by atoms with Crippen molar-refractivity contribution < 1.29 is 28.6 Å². The Labute approximate surface area is 503 Å². The lowest BCUT2D eigenvalue weighted by atomic mass is 10.0. The first kappa shape index (κ1) is 77.6. The quantitative estimate of drug-likeness (QED) is 0.0261. The van der Waals surface area contributed by atoms with Crippen LogP contribution in [0.1, 0.15) is 355 Å². The summed E-state index contributed by atoms with van der Waals surface area (Å²) in [7, 11) is 0. The molecular weight excluding hydrogens is 997 g/mol. The maximum Gasteiger partial charge on any atom is 0.306 e. The molecule has 0 aromatic heterocycles. The zero-order chi connectivity index (χ0) is 58.5. The van der Waals surface area contributed by atoms with Gasteiger partial charge in [0.1, 0.15) is 13.2 Å². The molecule has 6 nitrogen and oxygen atoms in total. The average Bonchev–Trinajstić information content (AvgIpc) is 3.47. The molecular formula is C75H132O6. The third-order valence-electron chi connectivity index (χ3n) is 15.4. The summed E-state index contributed by atoms with van der Waals surface area (Å²) in [5, 5.41) is 0. The van der Waals surface area contributed by atoms with E-state index in [0.29, 0.717) is 19.3 Å². The molecule has 0 heterocycles. The second-order valence-electron chi connectivity index (χ2n) is 23.4. The van der Waals surface area contributed by atoms with Crippen LogP contribution in [0.2, 0.25) is 0 Å². The summed E-state index contributed by atoms with van der Waals surface area (Å²) in [5.41, 5.74) is 0. The molecule has 1 atom stereocenters. The smallest absolute Gasteiger partial charge is 0.306 e. The third-order valence-corrected chi connectivity index (χ3v) is 15.4. The number of rotatable bonds is 64. The van der Waals surface area contributed by atoms with E-state index in [-0.39, 0.29) is 31.1 Å².